The largest absolute Gasteiger partial charge is 0.350 e. The fourth-order valence-electron chi connectivity index (χ4n) is 2.88. The topological polar surface area (TPSA) is 84.3 Å². The highest BCUT2D eigenvalue weighted by Crippen LogP contribution is 2.24. The molecule has 0 aliphatic carbocycles. The molecule has 0 bridgehead atoms. The molecule has 29 heavy (non-hydrogen) atoms. The molecule has 0 saturated heterocycles. The van der Waals surface area contributed by atoms with Crippen LogP contribution in [-0.4, -0.2) is 36.7 Å². The predicted octanol–water partition coefficient (Wildman–Crippen LogP) is 3.03. The number of aromatic nitrogens is 2. The summed E-state index contributed by atoms with van der Waals surface area (Å²) in [4.78, 5) is 16.6. The number of para-hydroxylation sites is 1. The Kier molecular flexibility index (Phi) is 6.39. The Hall–Kier alpha value is -2.65. The van der Waals surface area contributed by atoms with Crippen molar-refractivity contribution < 1.29 is 13.2 Å². The first-order valence-electron chi connectivity index (χ1n) is 8.82. The Morgan fingerprint density at radius 3 is 2.66 bits per heavy atom. The Bertz CT molecular complexity index is 1110. The molecule has 0 aliphatic rings. The highest BCUT2D eigenvalue weighted by molar-refractivity contribution is 9.10. The van der Waals surface area contributed by atoms with Gasteiger partial charge >= 0.3 is 0 Å². The van der Waals surface area contributed by atoms with Crippen molar-refractivity contribution in [3.63, 3.8) is 0 Å². The number of aryl methyl sites for hydroxylation is 1. The number of carbonyl (C=O) groups is 1. The number of benzene rings is 2. The fourth-order valence-corrected chi connectivity index (χ4v) is 3.97. The van der Waals surface area contributed by atoms with Crippen LogP contribution in [0.5, 0.6) is 0 Å². The van der Waals surface area contributed by atoms with Gasteiger partial charge in [-0.15, -0.1) is 0 Å². The first-order valence-corrected chi connectivity index (χ1v) is 11.5. The van der Waals surface area contributed by atoms with Crippen molar-refractivity contribution in [2.45, 2.75) is 13.5 Å². The summed E-state index contributed by atoms with van der Waals surface area (Å²) in [7, 11) is -3.62. The predicted molar refractivity (Wildman–Crippen MR) is 116 cm³/mol. The number of sulfonamides is 1. The van der Waals surface area contributed by atoms with Gasteiger partial charge in [0.2, 0.25) is 15.9 Å². The summed E-state index contributed by atoms with van der Waals surface area (Å²) in [5.74, 6) is -0.392. The van der Waals surface area contributed by atoms with Gasteiger partial charge < -0.3 is 9.88 Å². The molecule has 1 amide bonds. The van der Waals surface area contributed by atoms with Gasteiger partial charge in [0, 0.05) is 23.4 Å². The van der Waals surface area contributed by atoms with Gasteiger partial charge in [0.1, 0.15) is 6.54 Å². The Morgan fingerprint density at radius 1 is 1.24 bits per heavy atom. The van der Waals surface area contributed by atoms with Crippen LogP contribution in [0.1, 0.15) is 11.1 Å². The Labute approximate surface area is 178 Å². The number of imidazole rings is 1. The molecule has 0 spiro atoms. The number of carbonyl (C=O) groups excluding carboxylic acids is 1. The Balaban J connectivity index is 1.74. The van der Waals surface area contributed by atoms with E-state index < -0.39 is 15.9 Å². The van der Waals surface area contributed by atoms with Crippen LogP contribution >= 0.6 is 15.9 Å². The normalized spacial score (nSPS) is 11.3. The van der Waals surface area contributed by atoms with Crippen LogP contribution < -0.4 is 9.62 Å². The molecule has 1 N–H and O–H groups in total. The molecule has 0 saturated carbocycles. The highest BCUT2D eigenvalue weighted by Gasteiger charge is 2.21. The van der Waals surface area contributed by atoms with Gasteiger partial charge in [-0.1, -0.05) is 34.1 Å². The minimum Gasteiger partial charge on any atom is -0.350 e. The quantitative estimate of drug-likeness (QED) is 0.567. The minimum absolute atomic E-state index is 0.268. The molecule has 0 atom stereocenters. The van der Waals surface area contributed by atoms with Gasteiger partial charge in [0.25, 0.3) is 0 Å². The smallest absolute Gasteiger partial charge is 0.241 e. The van der Waals surface area contributed by atoms with Gasteiger partial charge in [-0.3, -0.25) is 9.10 Å². The lowest BCUT2D eigenvalue weighted by Gasteiger charge is -2.22. The van der Waals surface area contributed by atoms with E-state index in [9.17, 15) is 13.2 Å². The maximum absolute atomic E-state index is 12.6. The van der Waals surface area contributed by atoms with Crippen molar-refractivity contribution >= 4 is 37.5 Å². The molecule has 1 aromatic heterocycles. The van der Waals surface area contributed by atoms with E-state index in [4.69, 9.17) is 0 Å². The zero-order chi connectivity index (χ0) is 21.0. The number of hydrogen-bond acceptors (Lipinski definition) is 4. The van der Waals surface area contributed by atoms with Gasteiger partial charge in [-0.25, -0.2) is 13.4 Å². The van der Waals surface area contributed by atoms with Crippen molar-refractivity contribution in [2.75, 3.05) is 17.1 Å². The molecule has 0 unspecified atom stereocenters. The lowest BCUT2D eigenvalue weighted by atomic mass is 10.1. The van der Waals surface area contributed by atoms with E-state index in [-0.39, 0.29) is 13.1 Å². The highest BCUT2D eigenvalue weighted by atomic mass is 79.9. The number of hydrogen-bond donors (Lipinski definition) is 1. The average Bonchev–Trinajstić information content (AvgIpc) is 3.21. The fraction of sp³-hybridized carbons (Fsp3) is 0.200. The van der Waals surface area contributed by atoms with E-state index in [2.05, 4.69) is 26.2 Å². The summed E-state index contributed by atoms with van der Waals surface area (Å²) in [5, 5.41) is 2.81. The monoisotopic (exact) mass is 476 g/mol. The van der Waals surface area contributed by atoms with Crippen molar-refractivity contribution in [3.8, 4) is 5.69 Å². The zero-order valence-corrected chi connectivity index (χ0v) is 18.4. The van der Waals surface area contributed by atoms with E-state index >= 15 is 0 Å². The summed E-state index contributed by atoms with van der Waals surface area (Å²) < 4.78 is 28.4. The molecular weight excluding hydrogens is 456 g/mol. The molecule has 0 fully saturated rings. The summed E-state index contributed by atoms with van der Waals surface area (Å²) in [6.45, 7) is 1.83. The van der Waals surface area contributed by atoms with Crippen molar-refractivity contribution in [2.24, 2.45) is 0 Å². The molecule has 0 aliphatic heterocycles. The number of halogens is 1. The average molecular weight is 477 g/mol. The molecule has 2 aromatic carbocycles. The molecule has 9 heteroatoms. The van der Waals surface area contributed by atoms with Crippen molar-refractivity contribution in [1.82, 2.24) is 14.9 Å². The van der Waals surface area contributed by atoms with Crippen LogP contribution in [0.2, 0.25) is 0 Å². The number of amides is 1. The van der Waals surface area contributed by atoms with E-state index in [0.717, 1.165) is 31.8 Å². The van der Waals surface area contributed by atoms with E-state index in [0.29, 0.717) is 5.69 Å². The Morgan fingerprint density at radius 2 is 2.00 bits per heavy atom. The standard InChI is InChI=1S/C20H21BrN4O3S/c1-15-11-17(7-8-18(15)21)25(29(2,27)28)13-20(26)23-12-16-5-3-4-6-19(16)24-10-9-22-14-24/h3-11,14H,12-13H2,1-2H3,(H,23,26). The molecule has 3 rings (SSSR count). The van der Waals surface area contributed by atoms with Crippen LogP contribution in [0.4, 0.5) is 5.69 Å². The first-order chi connectivity index (χ1) is 13.8. The summed E-state index contributed by atoms with van der Waals surface area (Å²) in [6.07, 6.45) is 6.27. The van der Waals surface area contributed by atoms with Gasteiger partial charge in [-0.2, -0.15) is 0 Å². The van der Waals surface area contributed by atoms with Gasteiger partial charge in [0.05, 0.1) is 24.0 Å². The lowest BCUT2D eigenvalue weighted by Crippen LogP contribution is -2.40. The second-order valence-electron chi connectivity index (χ2n) is 6.58. The second kappa shape index (κ2) is 8.79. The summed E-state index contributed by atoms with van der Waals surface area (Å²) in [6, 6.07) is 12.8. The van der Waals surface area contributed by atoms with Crippen molar-refractivity contribution in [3.05, 3.63) is 76.8 Å². The van der Waals surface area contributed by atoms with Crippen LogP contribution in [0.25, 0.3) is 5.69 Å². The first kappa shape index (κ1) is 21.1. The summed E-state index contributed by atoms with van der Waals surface area (Å²) in [5.41, 5.74) is 3.12. The summed E-state index contributed by atoms with van der Waals surface area (Å²) >= 11 is 3.40. The molecule has 7 nitrogen and oxygen atoms in total. The van der Waals surface area contributed by atoms with E-state index in [1.807, 2.05) is 42.0 Å². The third kappa shape index (κ3) is 5.24. The zero-order valence-electron chi connectivity index (χ0n) is 16.0. The maximum Gasteiger partial charge on any atom is 0.241 e. The SMILES string of the molecule is Cc1cc(N(CC(=O)NCc2ccccc2-n2ccnc2)S(C)(=O)=O)ccc1Br. The van der Waals surface area contributed by atoms with Crippen molar-refractivity contribution in [1.29, 1.82) is 0 Å². The third-order valence-corrected chi connectivity index (χ3v) is 6.40. The lowest BCUT2D eigenvalue weighted by molar-refractivity contribution is -0.119. The minimum atomic E-state index is -3.62. The number of anilines is 1. The number of nitrogens with zero attached hydrogens (tertiary/aromatic N) is 3. The van der Waals surface area contributed by atoms with Crippen LogP contribution in [-0.2, 0) is 21.4 Å². The van der Waals surface area contributed by atoms with E-state index in [1.54, 1.807) is 30.7 Å². The van der Waals surface area contributed by atoms with Crippen LogP contribution in [0.15, 0.2) is 65.7 Å². The van der Waals surface area contributed by atoms with Gasteiger partial charge in [0.15, 0.2) is 0 Å². The molecule has 0 radical (unpaired) electrons. The van der Waals surface area contributed by atoms with Crippen LogP contribution in [0.3, 0.4) is 0 Å². The second-order valence-corrected chi connectivity index (χ2v) is 9.34. The van der Waals surface area contributed by atoms with Gasteiger partial charge in [-0.05, 0) is 42.3 Å². The van der Waals surface area contributed by atoms with Crippen LogP contribution in [0, 0.1) is 6.92 Å². The molecular formula is C20H21BrN4O3S. The third-order valence-electron chi connectivity index (χ3n) is 4.37. The number of rotatable bonds is 7. The molecule has 1 heterocycles. The molecule has 152 valence electrons. The number of nitrogens with one attached hydrogen (secondary N) is 1. The van der Waals surface area contributed by atoms with E-state index in [1.165, 1.54) is 0 Å². The molecule has 3 aromatic rings. The maximum atomic E-state index is 12.6.